The van der Waals surface area contributed by atoms with Crippen molar-refractivity contribution >= 4 is 23.2 Å². The van der Waals surface area contributed by atoms with Crippen LogP contribution >= 0.6 is 11.6 Å². The molecule has 2 aromatic carbocycles. The van der Waals surface area contributed by atoms with Crippen molar-refractivity contribution in [3.8, 4) is 11.1 Å². The molecule has 0 atom stereocenters. The Hall–Kier alpha value is -1.97. The number of halogens is 1. The van der Waals surface area contributed by atoms with Crippen LogP contribution in [0.15, 0.2) is 36.4 Å². The van der Waals surface area contributed by atoms with Crippen molar-refractivity contribution in [3.63, 3.8) is 0 Å². The van der Waals surface area contributed by atoms with Crippen molar-refractivity contribution in [2.24, 2.45) is 0 Å². The highest BCUT2D eigenvalue weighted by Crippen LogP contribution is 2.41. The number of benzene rings is 2. The minimum Gasteiger partial charge on any atom is -0.354 e. The van der Waals surface area contributed by atoms with E-state index >= 15 is 0 Å². The first kappa shape index (κ1) is 20.8. The van der Waals surface area contributed by atoms with Gasteiger partial charge < -0.3 is 4.74 Å². The van der Waals surface area contributed by atoms with E-state index in [2.05, 4.69) is 0 Å². The average Bonchev–Trinajstić information content (AvgIpc) is 2.60. The summed E-state index contributed by atoms with van der Waals surface area (Å²) in [5, 5.41) is 0.685. The van der Waals surface area contributed by atoms with Crippen LogP contribution < -0.4 is 0 Å². The summed E-state index contributed by atoms with van der Waals surface area (Å²) >= 11 is 6.10. The first-order chi connectivity index (χ1) is 13.0. The Balaban J connectivity index is 2.19. The molecule has 28 heavy (non-hydrogen) atoms. The van der Waals surface area contributed by atoms with Gasteiger partial charge in [-0.15, -0.1) is 0 Å². The van der Waals surface area contributed by atoms with Crippen molar-refractivity contribution in [1.29, 1.82) is 0 Å². The fraction of sp³-hybridized carbons (Fsp3) is 0.417. The maximum absolute atomic E-state index is 13.2. The zero-order valence-corrected chi connectivity index (χ0v) is 18.1. The van der Waals surface area contributed by atoms with Gasteiger partial charge in [0.2, 0.25) is 0 Å². The van der Waals surface area contributed by atoms with Gasteiger partial charge in [-0.1, -0.05) is 36.7 Å². The number of aryl methyl sites for hydroxylation is 2. The molecule has 0 aliphatic carbocycles. The second kappa shape index (κ2) is 7.13. The molecular weight excluding hydrogens is 372 g/mol. The van der Waals surface area contributed by atoms with Gasteiger partial charge >= 0.3 is 0 Å². The fourth-order valence-corrected chi connectivity index (χ4v) is 4.37. The highest BCUT2D eigenvalue weighted by atomic mass is 35.5. The van der Waals surface area contributed by atoms with E-state index in [1.807, 2.05) is 50.2 Å². The molecule has 0 saturated carbocycles. The summed E-state index contributed by atoms with van der Waals surface area (Å²) in [6.45, 7) is 11.0. The van der Waals surface area contributed by atoms with E-state index in [1.165, 1.54) is 0 Å². The van der Waals surface area contributed by atoms with Crippen LogP contribution in [0.4, 0.5) is 0 Å². The maximum atomic E-state index is 13.2. The molecule has 2 aromatic rings. The zero-order chi connectivity index (χ0) is 20.9. The molecule has 0 amide bonds. The summed E-state index contributed by atoms with van der Waals surface area (Å²) in [6.07, 6.45) is 0.744. The molecule has 0 aromatic heterocycles. The molecule has 148 valence electrons. The normalized spacial score (nSPS) is 19.1. The molecule has 0 spiro atoms. The van der Waals surface area contributed by atoms with Crippen LogP contribution in [0.2, 0.25) is 5.02 Å². The van der Waals surface area contributed by atoms with Crippen molar-refractivity contribution < 1.29 is 14.3 Å². The summed E-state index contributed by atoms with van der Waals surface area (Å²) in [5.74, 6) is -1.19. The van der Waals surface area contributed by atoms with Gasteiger partial charge in [0.05, 0.1) is 0 Å². The van der Waals surface area contributed by atoms with Crippen LogP contribution in [0.3, 0.4) is 0 Å². The van der Waals surface area contributed by atoms with Gasteiger partial charge in [0.25, 0.3) is 0 Å². The van der Waals surface area contributed by atoms with Gasteiger partial charge in [-0.05, 0) is 87.1 Å². The Labute approximate surface area is 172 Å². The Morgan fingerprint density at radius 2 is 1.57 bits per heavy atom. The van der Waals surface area contributed by atoms with Gasteiger partial charge in [0, 0.05) is 5.02 Å². The van der Waals surface area contributed by atoms with E-state index in [9.17, 15) is 9.59 Å². The molecule has 1 aliphatic rings. The van der Waals surface area contributed by atoms with E-state index in [4.69, 9.17) is 16.3 Å². The van der Waals surface area contributed by atoms with Crippen molar-refractivity contribution in [1.82, 2.24) is 0 Å². The predicted molar refractivity (Wildman–Crippen MR) is 113 cm³/mol. The number of carbonyl (C=O) groups is 2. The maximum Gasteiger partial charge on any atom is 0.179 e. The van der Waals surface area contributed by atoms with Gasteiger partial charge in [0.1, 0.15) is 17.1 Å². The number of Topliss-reactive ketones (excluding diaryl/α,β-unsaturated/α-hetero) is 2. The van der Waals surface area contributed by atoms with Gasteiger partial charge in [-0.25, -0.2) is 0 Å². The lowest BCUT2D eigenvalue weighted by Crippen LogP contribution is -2.58. The van der Waals surface area contributed by atoms with Crippen LogP contribution in [0.1, 0.15) is 57.2 Å². The van der Waals surface area contributed by atoms with Crippen molar-refractivity contribution in [3.05, 3.63) is 58.1 Å². The van der Waals surface area contributed by atoms with Crippen molar-refractivity contribution in [2.75, 3.05) is 0 Å². The number of ether oxygens (including phenoxy) is 1. The smallest absolute Gasteiger partial charge is 0.179 e. The van der Waals surface area contributed by atoms with Gasteiger partial charge in [-0.2, -0.15) is 0 Å². The third kappa shape index (κ3) is 3.54. The molecule has 3 nitrogen and oxygen atoms in total. The summed E-state index contributed by atoms with van der Waals surface area (Å²) in [6, 6.07) is 11.8. The van der Waals surface area contributed by atoms with Gasteiger partial charge in [-0.3, -0.25) is 9.59 Å². The molecule has 1 saturated heterocycles. The molecule has 4 heteroatoms. The molecule has 3 rings (SSSR count). The Morgan fingerprint density at radius 1 is 0.964 bits per heavy atom. The summed E-state index contributed by atoms with van der Waals surface area (Å²) in [7, 11) is 0. The highest BCUT2D eigenvalue weighted by Gasteiger charge is 2.53. The molecule has 0 N–H and O–H groups in total. The minimum absolute atomic E-state index is 0.184. The molecule has 0 radical (unpaired) electrons. The summed E-state index contributed by atoms with van der Waals surface area (Å²) < 4.78 is 5.84. The predicted octanol–water partition coefficient (Wildman–Crippen LogP) is 5.69. The molecule has 0 unspecified atom stereocenters. The third-order valence-corrected chi connectivity index (χ3v) is 5.79. The second-order valence-electron chi connectivity index (χ2n) is 8.51. The summed E-state index contributed by atoms with van der Waals surface area (Å²) in [4.78, 5) is 26.4. The van der Waals surface area contributed by atoms with E-state index in [0.717, 1.165) is 34.2 Å². The first-order valence-electron chi connectivity index (χ1n) is 9.66. The monoisotopic (exact) mass is 398 g/mol. The SMILES string of the molecule is CCc1ccc(-c2ccc(Cl)cc2C)cc1C1C(=O)C(C)(C)OC(C)(C)C1=O. The third-order valence-electron chi connectivity index (χ3n) is 5.56. The van der Waals surface area contributed by atoms with Crippen LogP contribution in [0.25, 0.3) is 11.1 Å². The van der Waals surface area contributed by atoms with Crippen molar-refractivity contribution in [2.45, 2.75) is 65.1 Å². The average molecular weight is 399 g/mol. The molecule has 0 bridgehead atoms. The molecule has 1 aliphatic heterocycles. The van der Waals surface area contributed by atoms with E-state index in [-0.39, 0.29) is 11.6 Å². The molecule has 1 heterocycles. The zero-order valence-electron chi connectivity index (χ0n) is 17.4. The molecular formula is C24H27ClO3. The summed E-state index contributed by atoms with van der Waals surface area (Å²) in [5.41, 5.74) is 2.83. The number of rotatable bonds is 3. The number of carbonyl (C=O) groups excluding carboxylic acids is 2. The number of ketones is 2. The molecule has 1 fully saturated rings. The Kier molecular flexibility index (Phi) is 5.28. The van der Waals surface area contributed by atoms with Crippen LogP contribution in [0.5, 0.6) is 0 Å². The first-order valence-corrected chi connectivity index (χ1v) is 10.0. The lowest BCUT2D eigenvalue weighted by molar-refractivity contribution is -0.184. The second-order valence-corrected chi connectivity index (χ2v) is 8.95. The van der Waals surface area contributed by atoms with Crippen LogP contribution in [0, 0.1) is 6.92 Å². The van der Waals surface area contributed by atoms with Crippen LogP contribution in [-0.4, -0.2) is 22.8 Å². The Morgan fingerprint density at radius 3 is 2.11 bits per heavy atom. The largest absolute Gasteiger partial charge is 0.354 e. The quantitative estimate of drug-likeness (QED) is 0.624. The topological polar surface area (TPSA) is 43.4 Å². The lowest BCUT2D eigenvalue weighted by atomic mass is 9.73. The standard InChI is InChI=1S/C24H27ClO3/c1-7-15-8-9-16(18-11-10-17(25)12-14(18)2)13-19(15)20-21(26)23(3,4)28-24(5,6)22(20)27/h8-13,20H,7H2,1-6H3. The van der Waals surface area contributed by atoms with E-state index in [1.54, 1.807) is 27.7 Å². The lowest BCUT2D eigenvalue weighted by Gasteiger charge is -2.43. The minimum atomic E-state index is -1.01. The van der Waals surface area contributed by atoms with E-state index < -0.39 is 17.1 Å². The highest BCUT2D eigenvalue weighted by molar-refractivity contribution is 6.30. The van der Waals surface area contributed by atoms with E-state index in [0.29, 0.717) is 5.02 Å². The number of hydrogen-bond donors (Lipinski definition) is 0. The Bertz CT molecular complexity index is 930. The van der Waals surface area contributed by atoms with Gasteiger partial charge in [0.15, 0.2) is 11.6 Å². The van der Waals surface area contributed by atoms with Crippen LogP contribution in [-0.2, 0) is 20.7 Å². The fourth-order valence-electron chi connectivity index (χ4n) is 4.14. The number of hydrogen-bond acceptors (Lipinski definition) is 3.